The van der Waals surface area contributed by atoms with Crippen LogP contribution in [0.15, 0.2) is 58.7 Å². The van der Waals surface area contributed by atoms with Crippen molar-refractivity contribution in [2.75, 3.05) is 19.0 Å². The van der Waals surface area contributed by atoms with Crippen LogP contribution in [0.4, 0.5) is 10.1 Å². The van der Waals surface area contributed by atoms with E-state index in [2.05, 4.69) is 17.1 Å². The summed E-state index contributed by atoms with van der Waals surface area (Å²) in [6.07, 6.45) is 4.53. The summed E-state index contributed by atoms with van der Waals surface area (Å²) in [5, 5.41) is 9.03. The molecule has 1 saturated heterocycles. The minimum Gasteiger partial charge on any atom is -0.378 e. The van der Waals surface area contributed by atoms with Gasteiger partial charge in [-0.05, 0) is 41.8 Å². The molecule has 30 heavy (non-hydrogen) atoms. The number of nitrogens with zero attached hydrogens (tertiary/aromatic N) is 4. The number of carbonyl (C=O) groups excluding carboxylic acids is 1. The van der Waals surface area contributed by atoms with Gasteiger partial charge in [0.2, 0.25) is 5.91 Å². The SMILES string of the molecule is CCCC[C@H]1S/C(=N/N=C\c2ccc(N(C)C)cc2)N(Cc2ccc(F)cc2)C1=O. The quantitative estimate of drug-likeness (QED) is 0.445. The van der Waals surface area contributed by atoms with Crippen molar-refractivity contribution >= 4 is 34.7 Å². The lowest BCUT2D eigenvalue weighted by Crippen LogP contribution is -2.31. The number of thioether (sulfide) groups is 1. The van der Waals surface area contributed by atoms with E-state index in [0.29, 0.717) is 11.7 Å². The molecule has 0 aliphatic carbocycles. The molecule has 2 aromatic carbocycles. The Kier molecular flexibility index (Phi) is 7.63. The Balaban J connectivity index is 1.77. The molecule has 5 nitrogen and oxygen atoms in total. The van der Waals surface area contributed by atoms with Crippen LogP contribution >= 0.6 is 11.8 Å². The second kappa shape index (κ2) is 10.4. The van der Waals surface area contributed by atoms with Crippen LogP contribution in [0.25, 0.3) is 0 Å². The van der Waals surface area contributed by atoms with Crippen molar-refractivity contribution in [3.8, 4) is 0 Å². The maximum Gasteiger partial charge on any atom is 0.242 e. The first-order valence-corrected chi connectivity index (χ1v) is 11.0. The van der Waals surface area contributed by atoms with Gasteiger partial charge in [0.05, 0.1) is 18.0 Å². The molecule has 0 radical (unpaired) electrons. The fraction of sp³-hybridized carbons (Fsp3) is 0.348. The highest BCUT2D eigenvalue weighted by molar-refractivity contribution is 8.15. The number of rotatable bonds is 8. The zero-order chi connectivity index (χ0) is 21.5. The highest BCUT2D eigenvalue weighted by atomic mass is 32.2. The summed E-state index contributed by atoms with van der Waals surface area (Å²) in [6, 6.07) is 14.2. The Morgan fingerprint density at radius 2 is 1.83 bits per heavy atom. The van der Waals surface area contributed by atoms with Crippen LogP contribution in [0, 0.1) is 5.82 Å². The maximum absolute atomic E-state index is 13.2. The summed E-state index contributed by atoms with van der Waals surface area (Å²) in [6.45, 7) is 2.47. The summed E-state index contributed by atoms with van der Waals surface area (Å²) in [5.41, 5.74) is 2.91. The monoisotopic (exact) mass is 426 g/mol. The lowest BCUT2D eigenvalue weighted by molar-refractivity contribution is -0.126. The molecule has 158 valence electrons. The minimum atomic E-state index is -0.291. The summed E-state index contributed by atoms with van der Waals surface area (Å²) in [5.74, 6) is -0.248. The van der Waals surface area contributed by atoms with E-state index in [-0.39, 0.29) is 17.0 Å². The Morgan fingerprint density at radius 1 is 1.13 bits per heavy atom. The van der Waals surface area contributed by atoms with Crippen LogP contribution in [0.5, 0.6) is 0 Å². The predicted molar refractivity (Wildman–Crippen MR) is 124 cm³/mol. The molecule has 7 heteroatoms. The number of amides is 1. The van der Waals surface area contributed by atoms with Gasteiger partial charge in [-0.2, -0.15) is 5.10 Å². The fourth-order valence-electron chi connectivity index (χ4n) is 3.08. The number of hydrogen-bond acceptors (Lipinski definition) is 5. The molecule has 1 aliphatic rings. The van der Waals surface area contributed by atoms with Crippen molar-refractivity contribution < 1.29 is 9.18 Å². The molecular weight excluding hydrogens is 399 g/mol. The topological polar surface area (TPSA) is 48.3 Å². The maximum atomic E-state index is 13.2. The molecule has 2 aromatic rings. The van der Waals surface area contributed by atoms with E-state index in [4.69, 9.17) is 0 Å². The molecule has 0 saturated carbocycles. The van der Waals surface area contributed by atoms with E-state index in [9.17, 15) is 9.18 Å². The zero-order valence-corrected chi connectivity index (χ0v) is 18.4. The predicted octanol–water partition coefficient (Wildman–Crippen LogP) is 4.92. The molecule has 1 heterocycles. The van der Waals surface area contributed by atoms with Crippen molar-refractivity contribution in [2.45, 2.75) is 38.0 Å². The second-order valence-corrected chi connectivity index (χ2v) is 8.58. The number of unbranched alkanes of at least 4 members (excludes halogenated alkanes) is 1. The summed E-state index contributed by atoms with van der Waals surface area (Å²) >= 11 is 1.46. The average molecular weight is 427 g/mol. The lowest BCUT2D eigenvalue weighted by atomic mass is 10.1. The van der Waals surface area contributed by atoms with Crippen LogP contribution in [0.1, 0.15) is 37.3 Å². The third-order valence-corrected chi connectivity index (χ3v) is 6.09. The van der Waals surface area contributed by atoms with Crippen LogP contribution in [0.2, 0.25) is 0 Å². The number of amidine groups is 1. The Morgan fingerprint density at radius 3 is 2.47 bits per heavy atom. The molecule has 0 unspecified atom stereocenters. The molecular formula is C23H27FN4OS. The van der Waals surface area contributed by atoms with Gasteiger partial charge >= 0.3 is 0 Å². The van der Waals surface area contributed by atoms with Crippen LogP contribution in [0.3, 0.4) is 0 Å². The molecule has 0 N–H and O–H groups in total. The van der Waals surface area contributed by atoms with Gasteiger partial charge in [-0.1, -0.05) is 55.8 Å². The molecule has 1 atom stereocenters. The van der Waals surface area contributed by atoms with Gasteiger partial charge in [-0.15, -0.1) is 5.10 Å². The van der Waals surface area contributed by atoms with Gasteiger partial charge in [0.1, 0.15) is 5.82 Å². The Bertz CT molecular complexity index is 910. The smallest absolute Gasteiger partial charge is 0.242 e. The first-order valence-electron chi connectivity index (χ1n) is 10.1. The highest BCUT2D eigenvalue weighted by Crippen LogP contribution is 2.32. The van der Waals surface area contributed by atoms with Gasteiger partial charge in [0.25, 0.3) is 0 Å². The fourth-order valence-corrected chi connectivity index (χ4v) is 4.22. The van der Waals surface area contributed by atoms with Gasteiger partial charge in [0, 0.05) is 19.8 Å². The van der Waals surface area contributed by atoms with Crippen molar-refractivity contribution in [1.29, 1.82) is 0 Å². The number of halogens is 1. The Hall–Kier alpha value is -2.67. The Labute approximate surface area is 181 Å². The van der Waals surface area contributed by atoms with E-state index in [1.807, 2.05) is 43.3 Å². The third kappa shape index (κ3) is 5.69. The molecule has 0 bridgehead atoms. The molecule has 1 amide bonds. The van der Waals surface area contributed by atoms with E-state index in [1.165, 1.54) is 23.9 Å². The number of anilines is 1. The second-order valence-electron chi connectivity index (χ2n) is 7.41. The van der Waals surface area contributed by atoms with Gasteiger partial charge in [-0.3, -0.25) is 9.69 Å². The summed E-state index contributed by atoms with van der Waals surface area (Å²) in [7, 11) is 3.99. The van der Waals surface area contributed by atoms with E-state index in [0.717, 1.165) is 36.1 Å². The molecule has 0 aromatic heterocycles. The van der Waals surface area contributed by atoms with E-state index < -0.39 is 0 Å². The number of hydrogen-bond donors (Lipinski definition) is 0. The van der Waals surface area contributed by atoms with E-state index >= 15 is 0 Å². The zero-order valence-electron chi connectivity index (χ0n) is 17.6. The van der Waals surface area contributed by atoms with Gasteiger partial charge in [0.15, 0.2) is 5.17 Å². The van der Waals surface area contributed by atoms with Gasteiger partial charge in [-0.25, -0.2) is 4.39 Å². The normalized spacial score (nSPS) is 18.0. The first kappa shape index (κ1) is 22.0. The standard InChI is InChI=1S/C23H27FN4OS/c1-4-5-6-21-22(29)28(16-18-7-11-19(24)12-8-18)23(30-21)26-25-15-17-9-13-20(14-10-17)27(2)3/h7-15,21H,4-6,16H2,1-3H3/b25-15-,26-23+/t21-/m1/s1. The first-order chi connectivity index (χ1) is 14.5. The van der Waals surface area contributed by atoms with Crippen molar-refractivity contribution in [2.24, 2.45) is 10.2 Å². The number of carbonyl (C=O) groups is 1. The minimum absolute atomic E-state index is 0.0436. The lowest BCUT2D eigenvalue weighted by Gasteiger charge is -2.16. The summed E-state index contributed by atoms with van der Waals surface area (Å²) in [4.78, 5) is 16.6. The van der Waals surface area contributed by atoms with Crippen molar-refractivity contribution in [1.82, 2.24) is 4.90 Å². The van der Waals surface area contributed by atoms with E-state index in [1.54, 1.807) is 23.2 Å². The molecule has 0 spiro atoms. The molecule has 1 aliphatic heterocycles. The molecule has 1 fully saturated rings. The number of benzene rings is 2. The van der Waals surface area contributed by atoms with Crippen LogP contribution < -0.4 is 4.90 Å². The third-order valence-electron chi connectivity index (χ3n) is 4.85. The summed E-state index contributed by atoms with van der Waals surface area (Å²) < 4.78 is 13.2. The van der Waals surface area contributed by atoms with Crippen molar-refractivity contribution in [3.05, 3.63) is 65.5 Å². The largest absolute Gasteiger partial charge is 0.378 e. The average Bonchev–Trinajstić information content (AvgIpc) is 3.03. The van der Waals surface area contributed by atoms with Crippen molar-refractivity contribution in [3.63, 3.8) is 0 Å². The molecule has 3 rings (SSSR count). The van der Waals surface area contributed by atoms with Crippen LogP contribution in [-0.2, 0) is 11.3 Å². The van der Waals surface area contributed by atoms with Gasteiger partial charge < -0.3 is 4.90 Å². The highest BCUT2D eigenvalue weighted by Gasteiger charge is 2.37. The van der Waals surface area contributed by atoms with Crippen LogP contribution in [-0.4, -0.2) is 41.5 Å².